The van der Waals surface area contributed by atoms with Gasteiger partial charge in [0.05, 0.1) is 5.52 Å². The highest BCUT2D eigenvalue weighted by atomic mass is 19.4. The van der Waals surface area contributed by atoms with E-state index in [1.807, 2.05) is 0 Å². The number of aldehydes is 1. The maximum atomic E-state index is 12.7. The molecular weight excluding hydrogens is 235 g/mol. The van der Waals surface area contributed by atoms with Gasteiger partial charge >= 0.3 is 6.18 Å². The summed E-state index contributed by atoms with van der Waals surface area (Å²) in [4.78, 5) is 14.2. The van der Waals surface area contributed by atoms with Gasteiger partial charge in [0.1, 0.15) is 17.0 Å². The van der Waals surface area contributed by atoms with Crippen molar-refractivity contribution in [2.24, 2.45) is 0 Å². The molecule has 0 radical (unpaired) electrons. The summed E-state index contributed by atoms with van der Waals surface area (Å²) in [6.07, 6.45) is -4.23. The van der Waals surface area contributed by atoms with Crippen LogP contribution < -0.4 is 0 Å². The lowest BCUT2D eigenvalue weighted by Gasteiger charge is -2.11. The molecule has 0 aliphatic carbocycles. The summed E-state index contributed by atoms with van der Waals surface area (Å²) in [5.74, 6) is -0.856. The largest absolute Gasteiger partial charge is 0.507 e. The van der Waals surface area contributed by atoms with Crippen LogP contribution in [-0.4, -0.2) is 16.4 Å². The number of pyridine rings is 1. The lowest BCUT2D eigenvalue weighted by atomic mass is 10.1. The van der Waals surface area contributed by atoms with E-state index >= 15 is 0 Å². The van der Waals surface area contributed by atoms with E-state index in [1.165, 1.54) is 12.1 Å². The average Bonchev–Trinajstić information content (AvgIpc) is 2.26. The van der Waals surface area contributed by atoms with Gasteiger partial charge in [-0.05, 0) is 24.3 Å². The number of hydrogen-bond donors (Lipinski definition) is 1. The smallest absolute Gasteiger partial charge is 0.420 e. The Labute approximate surface area is 93.5 Å². The second kappa shape index (κ2) is 3.73. The summed E-state index contributed by atoms with van der Waals surface area (Å²) in [5.41, 5.74) is -1.09. The van der Waals surface area contributed by atoms with Crippen molar-refractivity contribution in [3.05, 3.63) is 35.5 Å². The second-order valence-electron chi connectivity index (χ2n) is 3.38. The molecule has 88 valence electrons. The zero-order chi connectivity index (χ0) is 12.6. The van der Waals surface area contributed by atoms with Crippen molar-refractivity contribution in [2.45, 2.75) is 6.18 Å². The van der Waals surface area contributed by atoms with Gasteiger partial charge in [-0.15, -0.1) is 0 Å². The Morgan fingerprint density at radius 2 is 1.88 bits per heavy atom. The molecule has 0 fully saturated rings. The molecule has 1 N–H and O–H groups in total. The third-order valence-electron chi connectivity index (χ3n) is 2.28. The Hall–Kier alpha value is -2.11. The highest BCUT2D eigenvalue weighted by Gasteiger charge is 2.36. The first kappa shape index (κ1) is 11.4. The van der Waals surface area contributed by atoms with Crippen molar-refractivity contribution in [2.75, 3.05) is 0 Å². The molecule has 0 unspecified atom stereocenters. The van der Waals surface area contributed by atoms with Gasteiger partial charge in [-0.2, -0.15) is 13.2 Å². The molecule has 2 aromatic rings. The molecule has 3 nitrogen and oxygen atoms in total. The first-order chi connectivity index (χ1) is 7.93. The Morgan fingerprint density at radius 3 is 2.47 bits per heavy atom. The predicted octanol–water partition coefficient (Wildman–Crippen LogP) is 2.77. The van der Waals surface area contributed by atoms with Crippen molar-refractivity contribution in [3.63, 3.8) is 0 Å². The Bertz CT molecular complexity index is 593. The number of halogens is 3. The van der Waals surface area contributed by atoms with E-state index in [0.717, 1.165) is 12.1 Å². The zero-order valence-corrected chi connectivity index (χ0v) is 8.32. The molecule has 0 saturated heterocycles. The van der Waals surface area contributed by atoms with Crippen molar-refractivity contribution in [3.8, 4) is 5.75 Å². The van der Waals surface area contributed by atoms with Crippen LogP contribution in [0.3, 0.4) is 0 Å². The Kier molecular flexibility index (Phi) is 2.49. The van der Waals surface area contributed by atoms with Crippen LogP contribution in [0.25, 0.3) is 10.9 Å². The Balaban J connectivity index is 2.82. The molecule has 1 aromatic heterocycles. The number of nitrogens with zero attached hydrogens (tertiary/aromatic N) is 1. The van der Waals surface area contributed by atoms with Crippen LogP contribution in [0, 0.1) is 0 Å². The fourth-order valence-corrected chi connectivity index (χ4v) is 1.57. The summed E-state index contributed by atoms with van der Waals surface area (Å²) in [5, 5.41) is 9.02. The van der Waals surface area contributed by atoms with Crippen LogP contribution in [0.1, 0.15) is 16.1 Å². The molecule has 0 atom stereocenters. The van der Waals surface area contributed by atoms with Crippen molar-refractivity contribution in [1.29, 1.82) is 0 Å². The molecule has 0 spiro atoms. The van der Waals surface area contributed by atoms with Crippen LogP contribution in [-0.2, 0) is 6.18 Å². The summed E-state index contributed by atoms with van der Waals surface area (Å²) in [6, 6.07) is 4.43. The van der Waals surface area contributed by atoms with Crippen LogP contribution in [0.4, 0.5) is 13.2 Å². The van der Waals surface area contributed by atoms with E-state index in [0.29, 0.717) is 6.29 Å². The van der Waals surface area contributed by atoms with Gasteiger partial charge in [-0.1, -0.05) is 0 Å². The SMILES string of the molecule is O=Cc1ccc2c(C(F)(F)F)c(O)ccc2n1. The number of benzene rings is 1. The van der Waals surface area contributed by atoms with Gasteiger partial charge in [0.2, 0.25) is 0 Å². The number of aromatic nitrogens is 1. The topological polar surface area (TPSA) is 50.2 Å². The number of phenols is 1. The summed E-state index contributed by atoms with van der Waals surface area (Å²) in [7, 11) is 0. The summed E-state index contributed by atoms with van der Waals surface area (Å²) in [6.45, 7) is 0. The van der Waals surface area contributed by atoms with E-state index in [9.17, 15) is 23.1 Å². The monoisotopic (exact) mass is 241 g/mol. The van der Waals surface area contributed by atoms with Crippen molar-refractivity contribution >= 4 is 17.2 Å². The van der Waals surface area contributed by atoms with E-state index in [2.05, 4.69) is 4.98 Å². The molecule has 17 heavy (non-hydrogen) atoms. The first-order valence-electron chi connectivity index (χ1n) is 4.58. The Morgan fingerprint density at radius 1 is 1.18 bits per heavy atom. The fourth-order valence-electron chi connectivity index (χ4n) is 1.57. The number of rotatable bonds is 1. The standard InChI is InChI=1S/C11H6F3NO2/c12-11(13,14)10-7-2-1-6(5-16)15-8(7)3-4-9(10)17/h1-5,17H. The lowest BCUT2D eigenvalue weighted by molar-refractivity contribution is -0.137. The maximum Gasteiger partial charge on any atom is 0.420 e. The molecule has 1 aromatic carbocycles. The number of hydrogen-bond acceptors (Lipinski definition) is 3. The molecule has 0 aliphatic heterocycles. The highest BCUT2D eigenvalue weighted by molar-refractivity contribution is 5.88. The maximum absolute atomic E-state index is 12.7. The minimum absolute atomic E-state index is 0.0136. The quantitative estimate of drug-likeness (QED) is 0.781. The third-order valence-corrected chi connectivity index (χ3v) is 2.28. The van der Waals surface area contributed by atoms with Gasteiger partial charge in [-0.3, -0.25) is 4.79 Å². The molecular formula is C11H6F3NO2. The summed E-state index contributed by atoms with van der Waals surface area (Å²) < 4.78 is 38.1. The molecule has 6 heteroatoms. The zero-order valence-electron chi connectivity index (χ0n) is 8.32. The molecule has 0 saturated carbocycles. The third kappa shape index (κ3) is 1.93. The van der Waals surface area contributed by atoms with Gasteiger partial charge in [0.25, 0.3) is 0 Å². The first-order valence-corrected chi connectivity index (χ1v) is 4.58. The van der Waals surface area contributed by atoms with Gasteiger partial charge < -0.3 is 5.11 Å². The second-order valence-corrected chi connectivity index (χ2v) is 3.38. The molecule has 0 amide bonds. The average molecular weight is 241 g/mol. The number of aromatic hydroxyl groups is 1. The van der Waals surface area contributed by atoms with E-state index < -0.39 is 17.5 Å². The van der Waals surface area contributed by atoms with Crippen molar-refractivity contribution in [1.82, 2.24) is 4.98 Å². The van der Waals surface area contributed by atoms with Gasteiger partial charge in [0, 0.05) is 5.39 Å². The molecule has 0 bridgehead atoms. The normalized spacial score (nSPS) is 11.7. The number of carbonyl (C=O) groups is 1. The minimum atomic E-state index is -4.67. The summed E-state index contributed by atoms with van der Waals surface area (Å²) >= 11 is 0. The van der Waals surface area contributed by atoms with E-state index in [-0.39, 0.29) is 16.6 Å². The number of phenolic OH excluding ortho intramolecular Hbond substituents is 1. The van der Waals surface area contributed by atoms with Gasteiger partial charge in [-0.25, -0.2) is 4.98 Å². The molecule has 2 rings (SSSR count). The molecule has 0 aliphatic rings. The van der Waals surface area contributed by atoms with Crippen LogP contribution >= 0.6 is 0 Å². The van der Waals surface area contributed by atoms with Gasteiger partial charge in [0.15, 0.2) is 6.29 Å². The highest BCUT2D eigenvalue weighted by Crippen LogP contribution is 2.40. The molecule has 1 heterocycles. The number of alkyl halides is 3. The fraction of sp³-hybridized carbons (Fsp3) is 0.0909. The minimum Gasteiger partial charge on any atom is -0.507 e. The van der Waals surface area contributed by atoms with Crippen LogP contribution in [0.5, 0.6) is 5.75 Å². The number of carbonyl (C=O) groups excluding carboxylic acids is 1. The number of fused-ring (bicyclic) bond motifs is 1. The van der Waals surface area contributed by atoms with Crippen molar-refractivity contribution < 1.29 is 23.1 Å². The van der Waals surface area contributed by atoms with Crippen LogP contribution in [0.2, 0.25) is 0 Å². The predicted molar refractivity (Wildman–Crippen MR) is 53.8 cm³/mol. The van der Waals surface area contributed by atoms with E-state index in [1.54, 1.807) is 0 Å². The lowest BCUT2D eigenvalue weighted by Crippen LogP contribution is -2.06. The van der Waals surface area contributed by atoms with E-state index in [4.69, 9.17) is 0 Å². The van der Waals surface area contributed by atoms with Crippen LogP contribution in [0.15, 0.2) is 24.3 Å².